The second kappa shape index (κ2) is 9.57. The second-order valence-electron chi connectivity index (χ2n) is 5.49. The van der Waals surface area contributed by atoms with Crippen LogP contribution in [0.25, 0.3) is 0 Å². The van der Waals surface area contributed by atoms with Crippen molar-refractivity contribution in [2.45, 2.75) is 25.3 Å². The Morgan fingerprint density at radius 1 is 1.24 bits per heavy atom. The van der Waals surface area contributed by atoms with Crippen LogP contribution in [-0.4, -0.2) is 81.8 Å². The van der Waals surface area contributed by atoms with Gasteiger partial charge in [0.1, 0.15) is 0 Å². The Bertz CT molecular complexity index is 328. The molecule has 2 N–H and O–H groups in total. The molecule has 0 radical (unpaired) electrons. The average Bonchev–Trinajstić information content (AvgIpc) is 2.47. The zero-order valence-electron chi connectivity index (χ0n) is 13.4. The van der Waals surface area contributed by atoms with Crippen LogP contribution >= 0.6 is 0 Å². The molecule has 7 heteroatoms. The standard InChI is InChI=1S/C14H28N4O3/c1-17(2)14(20)18-9-5-12(6-10-18)15-7-4-13(19)16-8-11-21-3/h12,15H,4-11H2,1-3H3,(H,16,19). The number of likely N-dealkylation sites (tertiary alicyclic amines) is 1. The van der Waals surface area contributed by atoms with Crippen molar-refractivity contribution in [3.05, 3.63) is 0 Å². The van der Waals surface area contributed by atoms with Crippen LogP contribution < -0.4 is 10.6 Å². The number of piperidine rings is 1. The van der Waals surface area contributed by atoms with E-state index in [-0.39, 0.29) is 11.9 Å². The van der Waals surface area contributed by atoms with Crippen LogP contribution in [0.1, 0.15) is 19.3 Å². The summed E-state index contributed by atoms with van der Waals surface area (Å²) in [6, 6.07) is 0.467. The zero-order valence-corrected chi connectivity index (χ0v) is 13.4. The maximum absolute atomic E-state index is 11.8. The third kappa shape index (κ3) is 6.77. The molecule has 0 spiro atoms. The number of ether oxygens (including phenoxy) is 1. The van der Waals surface area contributed by atoms with Gasteiger partial charge in [-0.2, -0.15) is 0 Å². The Kier molecular flexibility index (Phi) is 8.07. The average molecular weight is 300 g/mol. The van der Waals surface area contributed by atoms with Gasteiger partial charge in [0, 0.05) is 59.8 Å². The van der Waals surface area contributed by atoms with Gasteiger partial charge in [0.25, 0.3) is 0 Å². The number of amides is 3. The number of urea groups is 1. The highest BCUT2D eigenvalue weighted by molar-refractivity contribution is 5.76. The highest BCUT2D eigenvalue weighted by Crippen LogP contribution is 2.11. The Hall–Kier alpha value is -1.34. The maximum atomic E-state index is 11.8. The van der Waals surface area contributed by atoms with Crippen molar-refractivity contribution in [2.24, 2.45) is 0 Å². The molecule has 21 heavy (non-hydrogen) atoms. The van der Waals surface area contributed by atoms with Crippen LogP contribution in [0.2, 0.25) is 0 Å². The minimum atomic E-state index is 0.0415. The molecule has 0 bridgehead atoms. The van der Waals surface area contributed by atoms with Crippen molar-refractivity contribution in [2.75, 3.05) is 54.0 Å². The van der Waals surface area contributed by atoms with Gasteiger partial charge in [-0.1, -0.05) is 0 Å². The van der Waals surface area contributed by atoms with Crippen LogP contribution in [0.3, 0.4) is 0 Å². The highest BCUT2D eigenvalue weighted by atomic mass is 16.5. The van der Waals surface area contributed by atoms with E-state index < -0.39 is 0 Å². The highest BCUT2D eigenvalue weighted by Gasteiger charge is 2.23. The summed E-state index contributed by atoms with van der Waals surface area (Å²) in [6.07, 6.45) is 2.34. The molecule has 0 aromatic heterocycles. The molecule has 1 aliphatic heterocycles. The molecule has 0 aromatic carbocycles. The van der Waals surface area contributed by atoms with Crippen LogP contribution in [0.15, 0.2) is 0 Å². The summed E-state index contributed by atoms with van der Waals surface area (Å²) in [7, 11) is 5.16. The number of carbonyl (C=O) groups excluding carboxylic acids is 2. The Balaban J connectivity index is 2.10. The largest absolute Gasteiger partial charge is 0.383 e. The molecule has 0 aliphatic carbocycles. The molecule has 1 aliphatic rings. The number of nitrogens with one attached hydrogen (secondary N) is 2. The first kappa shape index (κ1) is 17.7. The molecule has 1 heterocycles. The molecule has 3 amide bonds. The molecule has 0 saturated carbocycles. The van der Waals surface area contributed by atoms with E-state index in [1.54, 1.807) is 26.1 Å². The van der Waals surface area contributed by atoms with Crippen LogP contribution in [0, 0.1) is 0 Å². The summed E-state index contributed by atoms with van der Waals surface area (Å²) in [5.41, 5.74) is 0. The number of methoxy groups -OCH3 is 1. The van der Waals surface area contributed by atoms with Crippen LogP contribution in [0.4, 0.5) is 4.79 Å². The first-order valence-corrected chi connectivity index (χ1v) is 7.50. The maximum Gasteiger partial charge on any atom is 0.319 e. The molecule has 122 valence electrons. The van der Waals surface area contributed by atoms with Gasteiger partial charge in [-0.15, -0.1) is 0 Å². The summed E-state index contributed by atoms with van der Waals surface area (Å²) in [6.45, 7) is 3.31. The van der Waals surface area contributed by atoms with Crippen molar-refractivity contribution in [1.82, 2.24) is 20.4 Å². The van der Waals surface area contributed by atoms with Crippen LogP contribution in [-0.2, 0) is 9.53 Å². The lowest BCUT2D eigenvalue weighted by atomic mass is 10.1. The van der Waals surface area contributed by atoms with Gasteiger partial charge in [-0.3, -0.25) is 4.79 Å². The monoisotopic (exact) mass is 300 g/mol. The number of hydrogen-bond donors (Lipinski definition) is 2. The fourth-order valence-corrected chi connectivity index (χ4v) is 2.33. The first-order valence-electron chi connectivity index (χ1n) is 7.50. The zero-order chi connectivity index (χ0) is 15.7. The van der Waals surface area contributed by atoms with Gasteiger partial charge >= 0.3 is 6.03 Å². The fraction of sp³-hybridized carbons (Fsp3) is 0.857. The molecule has 0 atom stereocenters. The molecule has 0 aromatic rings. The molecular weight excluding hydrogens is 272 g/mol. The van der Waals surface area contributed by atoms with E-state index in [9.17, 15) is 9.59 Å². The van der Waals surface area contributed by atoms with Crippen molar-refractivity contribution < 1.29 is 14.3 Å². The van der Waals surface area contributed by atoms with Crippen molar-refractivity contribution in [3.8, 4) is 0 Å². The summed E-state index contributed by atoms with van der Waals surface area (Å²) in [4.78, 5) is 26.8. The molecule has 1 fully saturated rings. The van der Waals surface area contributed by atoms with Gasteiger partial charge in [-0.05, 0) is 12.8 Å². The Morgan fingerprint density at radius 3 is 2.48 bits per heavy atom. The number of rotatable bonds is 7. The molecule has 1 rings (SSSR count). The lowest BCUT2D eigenvalue weighted by molar-refractivity contribution is -0.121. The van der Waals surface area contributed by atoms with Gasteiger partial charge in [-0.25, -0.2) is 4.79 Å². The van der Waals surface area contributed by atoms with Crippen LogP contribution in [0.5, 0.6) is 0 Å². The first-order chi connectivity index (χ1) is 10.0. The number of hydrogen-bond acceptors (Lipinski definition) is 4. The van der Waals surface area contributed by atoms with Gasteiger partial charge in [0.2, 0.25) is 5.91 Å². The Morgan fingerprint density at radius 2 is 1.90 bits per heavy atom. The lowest BCUT2D eigenvalue weighted by Crippen LogP contribution is -2.48. The summed E-state index contributed by atoms with van der Waals surface area (Å²) in [5, 5.41) is 6.18. The van der Waals surface area contributed by atoms with Crippen molar-refractivity contribution in [3.63, 3.8) is 0 Å². The smallest absolute Gasteiger partial charge is 0.319 e. The van der Waals surface area contributed by atoms with Gasteiger partial charge in [0.15, 0.2) is 0 Å². The van der Waals surface area contributed by atoms with Crippen molar-refractivity contribution in [1.29, 1.82) is 0 Å². The second-order valence-corrected chi connectivity index (χ2v) is 5.49. The van der Waals surface area contributed by atoms with Crippen molar-refractivity contribution >= 4 is 11.9 Å². The van der Waals surface area contributed by atoms with E-state index in [4.69, 9.17) is 4.74 Å². The minimum Gasteiger partial charge on any atom is -0.383 e. The third-order valence-corrected chi connectivity index (χ3v) is 3.56. The predicted octanol–water partition coefficient (Wildman–Crippen LogP) is -0.125. The fourth-order valence-electron chi connectivity index (χ4n) is 2.33. The van der Waals surface area contributed by atoms with Gasteiger partial charge in [0.05, 0.1) is 6.61 Å². The third-order valence-electron chi connectivity index (χ3n) is 3.56. The lowest BCUT2D eigenvalue weighted by Gasteiger charge is -2.34. The molecular formula is C14H28N4O3. The topological polar surface area (TPSA) is 73.9 Å². The molecule has 0 unspecified atom stereocenters. The SMILES string of the molecule is COCCNC(=O)CCNC1CCN(C(=O)N(C)C)CC1. The van der Waals surface area contributed by atoms with E-state index in [1.807, 2.05) is 4.90 Å². The Labute approximate surface area is 127 Å². The summed E-state index contributed by atoms with van der Waals surface area (Å²) < 4.78 is 4.87. The summed E-state index contributed by atoms with van der Waals surface area (Å²) >= 11 is 0. The normalized spacial score (nSPS) is 15.9. The quantitative estimate of drug-likeness (QED) is 0.643. The molecule has 1 saturated heterocycles. The summed E-state index contributed by atoms with van der Waals surface area (Å²) in [5.74, 6) is 0.0415. The van der Waals surface area contributed by atoms with E-state index in [1.165, 1.54) is 0 Å². The van der Waals surface area contributed by atoms with E-state index in [0.29, 0.717) is 32.2 Å². The van der Waals surface area contributed by atoms with E-state index >= 15 is 0 Å². The van der Waals surface area contributed by atoms with E-state index in [0.717, 1.165) is 25.9 Å². The van der Waals surface area contributed by atoms with E-state index in [2.05, 4.69) is 10.6 Å². The minimum absolute atomic E-state index is 0.0415. The number of carbonyl (C=O) groups is 2. The number of nitrogens with zero attached hydrogens (tertiary/aromatic N) is 2. The molecule has 7 nitrogen and oxygen atoms in total. The van der Waals surface area contributed by atoms with Gasteiger partial charge < -0.3 is 25.2 Å². The predicted molar refractivity (Wildman–Crippen MR) is 81.2 cm³/mol.